The van der Waals surface area contributed by atoms with Crippen LogP contribution >= 0.6 is 0 Å². The zero-order chi connectivity index (χ0) is 15.4. The number of nitrogens with zero attached hydrogens (tertiary/aromatic N) is 1. The van der Waals surface area contributed by atoms with Gasteiger partial charge in [0.15, 0.2) is 5.75 Å². The van der Waals surface area contributed by atoms with Crippen LogP contribution in [-0.2, 0) is 6.54 Å². The normalized spacial score (nSPS) is 10.1. The number of aromatic hydroxyl groups is 1. The average molecular weight is 286 g/mol. The molecule has 1 amide bonds. The third kappa shape index (κ3) is 3.56. The molecule has 0 aliphatic rings. The molecular weight excluding hydrogens is 272 g/mol. The first-order valence-electron chi connectivity index (χ1n) is 6.28. The van der Waals surface area contributed by atoms with Crippen LogP contribution in [0.2, 0.25) is 0 Å². The maximum Gasteiger partial charge on any atom is 0.310 e. The Balaban J connectivity index is 2.05. The van der Waals surface area contributed by atoms with E-state index in [2.05, 4.69) is 5.32 Å². The van der Waals surface area contributed by atoms with Gasteiger partial charge in [0.1, 0.15) is 0 Å². The summed E-state index contributed by atoms with van der Waals surface area (Å²) < 4.78 is 0. The molecule has 0 aromatic heterocycles. The van der Waals surface area contributed by atoms with Gasteiger partial charge in [-0.05, 0) is 24.6 Å². The summed E-state index contributed by atoms with van der Waals surface area (Å²) in [5.41, 5.74) is 1.82. The van der Waals surface area contributed by atoms with Crippen LogP contribution in [-0.4, -0.2) is 15.9 Å². The molecule has 0 unspecified atom stereocenters. The quantitative estimate of drug-likeness (QED) is 0.667. The van der Waals surface area contributed by atoms with E-state index >= 15 is 0 Å². The highest BCUT2D eigenvalue weighted by atomic mass is 16.6. The lowest BCUT2D eigenvalue weighted by atomic mass is 10.1. The minimum absolute atomic E-state index is 0.171. The van der Waals surface area contributed by atoms with Gasteiger partial charge in [-0.2, -0.15) is 0 Å². The van der Waals surface area contributed by atoms with Gasteiger partial charge < -0.3 is 10.4 Å². The molecule has 0 saturated carbocycles. The highest BCUT2D eigenvalue weighted by molar-refractivity contribution is 5.95. The largest absolute Gasteiger partial charge is 0.502 e. The molecular formula is C15H14N2O4. The van der Waals surface area contributed by atoms with Gasteiger partial charge >= 0.3 is 5.69 Å². The summed E-state index contributed by atoms with van der Waals surface area (Å²) in [5, 5.41) is 22.8. The summed E-state index contributed by atoms with van der Waals surface area (Å²) in [5.74, 6) is -0.927. The topological polar surface area (TPSA) is 92.5 Å². The van der Waals surface area contributed by atoms with Crippen molar-refractivity contribution in [1.29, 1.82) is 0 Å². The molecule has 0 aliphatic carbocycles. The van der Waals surface area contributed by atoms with Crippen molar-refractivity contribution in [2.24, 2.45) is 0 Å². The zero-order valence-corrected chi connectivity index (χ0v) is 11.4. The Kier molecular flexibility index (Phi) is 4.18. The second-order valence-corrected chi connectivity index (χ2v) is 4.63. The third-order valence-electron chi connectivity index (χ3n) is 3.01. The highest BCUT2D eigenvalue weighted by Gasteiger charge is 2.15. The van der Waals surface area contributed by atoms with Gasteiger partial charge in [0.2, 0.25) is 0 Å². The van der Waals surface area contributed by atoms with E-state index in [1.807, 2.05) is 31.2 Å². The fraction of sp³-hybridized carbons (Fsp3) is 0.133. The number of hydrogen-bond donors (Lipinski definition) is 2. The summed E-state index contributed by atoms with van der Waals surface area (Å²) in [4.78, 5) is 21.8. The number of aryl methyl sites for hydroxylation is 1. The summed E-state index contributed by atoms with van der Waals surface area (Å²) in [7, 11) is 0. The number of amides is 1. The van der Waals surface area contributed by atoms with E-state index in [9.17, 15) is 20.0 Å². The second kappa shape index (κ2) is 6.04. The first kappa shape index (κ1) is 14.5. The van der Waals surface area contributed by atoms with Crippen LogP contribution in [0.15, 0.2) is 42.5 Å². The fourth-order valence-electron chi connectivity index (χ4n) is 1.81. The summed E-state index contributed by atoms with van der Waals surface area (Å²) in [6, 6.07) is 11.2. The van der Waals surface area contributed by atoms with E-state index in [1.54, 1.807) is 0 Å². The molecule has 0 aliphatic heterocycles. The summed E-state index contributed by atoms with van der Waals surface area (Å²) in [6.07, 6.45) is 0. The number of nitrogens with one attached hydrogen (secondary N) is 1. The Hall–Kier alpha value is -2.89. The van der Waals surface area contributed by atoms with Crippen molar-refractivity contribution in [3.63, 3.8) is 0 Å². The number of hydrogen-bond acceptors (Lipinski definition) is 4. The van der Waals surface area contributed by atoms with E-state index in [1.165, 1.54) is 6.07 Å². The van der Waals surface area contributed by atoms with E-state index in [4.69, 9.17) is 0 Å². The first-order valence-corrected chi connectivity index (χ1v) is 6.28. The molecule has 108 valence electrons. The molecule has 0 atom stereocenters. The third-order valence-corrected chi connectivity index (χ3v) is 3.01. The minimum Gasteiger partial charge on any atom is -0.502 e. The number of carbonyl (C=O) groups excluding carboxylic acids is 1. The molecule has 0 heterocycles. The molecule has 2 N–H and O–H groups in total. The highest BCUT2D eigenvalue weighted by Crippen LogP contribution is 2.26. The maximum absolute atomic E-state index is 11.9. The Morgan fingerprint density at radius 2 is 1.90 bits per heavy atom. The van der Waals surface area contributed by atoms with Crippen LogP contribution in [0.3, 0.4) is 0 Å². The van der Waals surface area contributed by atoms with E-state index in [-0.39, 0.29) is 5.56 Å². The van der Waals surface area contributed by atoms with E-state index < -0.39 is 22.3 Å². The lowest BCUT2D eigenvalue weighted by molar-refractivity contribution is -0.385. The SMILES string of the molecule is Cc1ccc(CNC(=O)c2ccc([N+](=O)[O-])c(O)c2)cc1. The smallest absolute Gasteiger partial charge is 0.310 e. The molecule has 0 fully saturated rings. The predicted molar refractivity (Wildman–Crippen MR) is 77.1 cm³/mol. The van der Waals surface area contributed by atoms with Gasteiger partial charge in [0.05, 0.1) is 4.92 Å². The molecule has 0 radical (unpaired) electrons. The monoisotopic (exact) mass is 286 g/mol. The standard InChI is InChI=1S/C15H14N2O4/c1-10-2-4-11(5-3-10)9-16-15(19)12-6-7-13(17(20)21)14(18)8-12/h2-8,18H,9H2,1H3,(H,16,19). The number of nitro groups is 1. The van der Waals surface area contributed by atoms with Gasteiger partial charge in [-0.3, -0.25) is 14.9 Å². The minimum atomic E-state index is -0.705. The Morgan fingerprint density at radius 3 is 2.48 bits per heavy atom. The van der Waals surface area contributed by atoms with Crippen LogP contribution in [0.4, 0.5) is 5.69 Å². The summed E-state index contributed by atoms with van der Waals surface area (Å²) in [6.45, 7) is 2.32. The number of phenols is 1. The van der Waals surface area contributed by atoms with Crippen molar-refractivity contribution >= 4 is 11.6 Å². The van der Waals surface area contributed by atoms with E-state index in [0.29, 0.717) is 6.54 Å². The second-order valence-electron chi connectivity index (χ2n) is 4.63. The molecule has 6 heteroatoms. The van der Waals surface area contributed by atoms with Crippen molar-refractivity contribution in [2.75, 3.05) is 0 Å². The van der Waals surface area contributed by atoms with Gasteiger partial charge in [-0.25, -0.2) is 0 Å². The lowest BCUT2D eigenvalue weighted by Gasteiger charge is -2.06. The van der Waals surface area contributed by atoms with Gasteiger partial charge in [0.25, 0.3) is 5.91 Å². The van der Waals surface area contributed by atoms with Crippen LogP contribution in [0.1, 0.15) is 21.5 Å². The molecule has 0 saturated heterocycles. The molecule has 0 bridgehead atoms. The van der Waals surface area contributed by atoms with Crippen molar-refractivity contribution < 1.29 is 14.8 Å². The van der Waals surface area contributed by atoms with E-state index in [0.717, 1.165) is 23.3 Å². The number of benzene rings is 2. The predicted octanol–water partition coefficient (Wildman–Crippen LogP) is 2.54. The van der Waals surface area contributed by atoms with Gasteiger partial charge in [-0.15, -0.1) is 0 Å². The van der Waals surface area contributed by atoms with Crippen molar-refractivity contribution in [3.8, 4) is 5.75 Å². The maximum atomic E-state index is 11.9. The molecule has 0 spiro atoms. The van der Waals surface area contributed by atoms with Crippen molar-refractivity contribution in [3.05, 3.63) is 69.3 Å². The lowest BCUT2D eigenvalue weighted by Crippen LogP contribution is -2.22. The Labute approximate surface area is 121 Å². The van der Waals surface area contributed by atoms with Crippen LogP contribution < -0.4 is 5.32 Å². The van der Waals surface area contributed by atoms with Crippen LogP contribution in [0, 0.1) is 17.0 Å². The first-order chi connectivity index (χ1) is 9.97. The Bertz CT molecular complexity index is 681. The zero-order valence-electron chi connectivity index (χ0n) is 11.4. The molecule has 21 heavy (non-hydrogen) atoms. The van der Waals surface area contributed by atoms with Crippen molar-refractivity contribution in [2.45, 2.75) is 13.5 Å². The number of nitro benzene ring substituents is 1. The Morgan fingerprint density at radius 1 is 1.24 bits per heavy atom. The molecule has 2 aromatic carbocycles. The summed E-state index contributed by atoms with van der Waals surface area (Å²) >= 11 is 0. The van der Waals surface area contributed by atoms with Crippen LogP contribution in [0.25, 0.3) is 0 Å². The van der Waals surface area contributed by atoms with Crippen molar-refractivity contribution in [1.82, 2.24) is 5.32 Å². The van der Waals surface area contributed by atoms with Gasteiger partial charge in [0, 0.05) is 18.2 Å². The number of rotatable bonds is 4. The molecule has 2 aromatic rings. The average Bonchev–Trinajstić information content (AvgIpc) is 2.45. The molecule has 6 nitrogen and oxygen atoms in total. The molecule has 2 rings (SSSR count). The fourth-order valence-corrected chi connectivity index (χ4v) is 1.81. The van der Waals surface area contributed by atoms with Crippen LogP contribution in [0.5, 0.6) is 5.75 Å². The number of phenolic OH excluding ortho intramolecular Hbond substituents is 1. The van der Waals surface area contributed by atoms with Gasteiger partial charge in [-0.1, -0.05) is 29.8 Å². The number of carbonyl (C=O) groups is 1.